The van der Waals surface area contributed by atoms with Gasteiger partial charge in [-0.25, -0.2) is 0 Å². The number of nitrogens with one attached hydrogen (secondary N) is 1. The predicted octanol–water partition coefficient (Wildman–Crippen LogP) is 2.80. The zero-order valence-electron chi connectivity index (χ0n) is 13.5. The number of furan rings is 1. The van der Waals surface area contributed by atoms with Crippen LogP contribution in [0.25, 0.3) is 0 Å². The summed E-state index contributed by atoms with van der Waals surface area (Å²) in [5, 5.41) is 10.4. The van der Waals surface area contributed by atoms with Crippen LogP contribution in [0.15, 0.2) is 65.3 Å². The molecule has 0 spiro atoms. The van der Waals surface area contributed by atoms with E-state index >= 15 is 0 Å². The second-order valence-corrected chi connectivity index (χ2v) is 5.65. The highest BCUT2D eigenvalue weighted by Gasteiger charge is 2.22. The first-order valence-electron chi connectivity index (χ1n) is 7.86. The van der Waals surface area contributed by atoms with E-state index in [9.17, 15) is 14.7 Å². The van der Waals surface area contributed by atoms with Crippen LogP contribution in [0.2, 0.25) is 0 Å². The standard InChI is InChI=1S/C19H18N2O4/c22-13-15-8-9-16(20-15)19(24)21(11-14-5-2-1-3-6-14)12-17(23)18-7-4-10-25-18/h1-10,13,17,20,23H,11-12H2. The number of carbonyl (C=O) groups excluding carboxylic acids is 2. The van der Waals surface area contributed by atoms with Gasteiger partial charge in [-0.3, -0.25) is 9.59 Å². The number of aliphatic hydroxyl groups is 1. The highest BCUT2D eigenvalue weighted by Crippen LogP contribution is 2.18. The number of H-pyrrole nitrogens is 1. The molecule has 2 heterocycles. The fourth-order valence-electron chi connectivity index (χ4n) is 2.58. The first kappa shape index (κ1) is 16.7. The van der Waals surface area contributed by atoms with Crippen molar-refractivity contribution in [3.8, 4) is 0 Å². The predicted molar refractivity (Wildman–Crippen MR) is 91.0 cm³/mol. The maximum Gasteiger partial charge on any atom is 0.270 e. The molecule has 0 radical (unpaired) electrons. The smallest absolute Gasteiger partial charge is 0.270 e. The molecule has 0 bridgehead atoms. The van der Waals surface area contributed by atoms with Gasteiger partial charge in [0, 0.05) is 6.54 Å². The minimum absolute atomic E-state index is 0.0662. The van der Waals surface area contributed by atoms with E-state index in [1.54, 1.807) is 24.3 Å². The van der Waals surface area contributed by atoms with Gasteiger partial charge in [0.15, 0.2) is 6.29 Å². The van der Waals surface area contributed by atoms with Crippen LogP contribution in [-0.2, 0) is 6.54 Å². The molecule has 0 aliphatic heterocycles. The van der Waals surface area contributed by atoms with Gasteiger partial charge < -0.3 is 19.4 Å². The highest BCUT2D eigenvalue weighted by molar-refractivity contribution is 5.93. The number of aldehydes is 1. The number of carbonyl (C=O) groups is 2. The average Bonchev–Trinajstić information content (AvgIpc) is 3.33. The number of aromatic nitrogens is 1. The van der Waals surface area contributed by atoms with E-state index in [1.165, 1.54) is 11.2 Å². The molecule has 0 aliphatic carbocycles. The molecule has 1 aromatic carbocycles. The van der Waals surface area contributed by atoms with Gasteiger partial charge in [-0.2, -0.15) is 0 Å². The van der Waals surface area contributed by atoms with E-state index in [4.69, 9.17) is 4.42 Å². The molecule has 0 fully saturated rings. The lowest BCUT2D eigenvalue weighted by atomic mass is 10.1. The summed E-state index contributed by atoms with van der Waals surface area (Å²) < 4.78 is 5.21. The van der Waals surface area contributed by atoms with Crippen LogP contribution in [0.1, 0.15) is 38.4 Å². The Morgan fingerprint density at radius 3 is 2.60 bits per heavy atom. The Hall–Kier alpha value is -3.12. The molecule has 3 rings (SSSR count). The van der Waals surface area contributed by atoms with Crippen molar-refractivity contribution in [3.63, 3.8) is 0 Å². The van der Waals surface area contributed by atoms with Crippen LogP contribution in [0.4, 0.5) is 0 Å². The molecule has 3 aromatic rings. The monoisotopic (exact) mass is 338 g/mol. The molecular weight excluding hydrogens is 320 g/mol. The lowest BCUT2D eigenvalue weighted by Crippen LogP contribution is -2.34. The number of aromatic amines is 1. The van der Waals surface area contributed by atoms with Gasteiger partial charge in [0.05, 0.1) is 18.5 Å². The Kier molecular flexibility index (Phi) is 5.11. The maximum absolute atomic E-state index is 12.8. The van der Waals surface area contributed by atoms with E-state index in [0.29, 0.717) is 30.0 Å². The topological polar surface area (TPSA) is 86.5 Å². The molecule has 0 saturated heterocycles. The van der Waals surface area contributed by atoms with Gasteiger partial charge in [0.25, 0.3) is 5.91 Å². The first-order chi connectivity index (χ1) is 12.2. The van der Waals surface area contributed by atoms with E-state index in [0.717, 1.165) is 5.56 Å². The third-order valence-electron chi connectivity index (χ3n) is 3.83. The van der Waals surface area contributed by atoms with Gasteiger partial charge in [0.1, 0.15) is 17.6 Å². The van der Waals surface area contributed by atoms with Gasteiger partial charge in [0.2, 0.25) is 0 Å². The SMILES string of the molecule is O=Cc1ccc(C(=O)N(Cc2ccccc2)CC(O)c2ccco2)[nH]1. The van der Waals surface area contributed by atoms with Gasteiger partial charge in [-0.1, -0.05) is 30.3 Å². The molecule has 0 aliphatic rings. The van der Waals surface area contributed by atoms with Crippen molar-refractivity contribution in [2.45, 2.75) is 12.6 Å². The van der Waals surface area contributed by atoms with Crippen molar-refractivity contribution in [1.82, 2.24) is 9.88 Å². The maximum atomic E-state index is 12.8. The summed E-state index contributed by atoms with van der Waals surface area (Å²) >= 11 is 0. The zero-order chi connectivity index (χ0) is 17.6. The molecular formula is C19H18N2O4. The molecule has 128 valence electrons. The lowest BCUT2D eigenvalue weighted by Gasteiger charge is -2.24. The van der Waals surface area contributed by atoms with Crippen molar-refractivity contribution in [2.24, 2.45) is 0 Å². The summed E-state index contributed by atoms with van der Waals surface area (Å²) in [7, 11) is 0. The van der Waals surface area contributed by atoms with Crippen molar-refractivity contribution in [3.05, 3.63) is 83.6 Å². The number of amides is 1. The van der Waals surface area contributed by atoms with Crippen LogP contribution >= 0.6 is 0 Å². The molecule has 2 N–H and O–H groups in total. The minimum Gasteiger partial charge on any atom is -0.467 e. The van der Waals surface area contributed by atoms with E-state index in [2.05, 4.69) is 4.98 Å². The van der Waals surface area contributed by atoms with Gasteiger partial charge in [-0.05, 0) is 29.8 Å². The van der Waals surface area contributed by atoms with E-state index < -0.39 is 6.10 Å². The van der Waals surface area contributed by atoms with Crippen LogP contribution in [0.3, 0.4) is 0 Å². The first-order valence-corrected chi connectivity index (χ1v) is 7.86. The van der Waals surface area contributed by atoms with Crippen LogP contribution in [0.5, 0.6) is 0 Å². The molecule has 1 atom stereocenters. The Labute approximate surface area is 144 Å². The normalized spacial score (nSPS) is 11.9. The van der Waals surface area contributed by atoms with E-state index in [1.807, 2.05) is 30.3 Å². The number of hydrogen-bond donors (Lipinski definition) is 2. The fraction of sp³-hybridized carbons (Fsp3) is 0.158. The Morgan fingerprint density at radius 2 is 1.96 bits per heavy atom. The summed E-state index contributed by atoms with van der Waals surface area (Å²) in [5.74, 6) is 0.0912. The molecule has 25 heavy (non-hydrogen) atoms. The number of benzene rings is 1. The highest BCUT2D eigenvalue weighted by atomic mass is 16.4. The van der Waals surface area contributed by atoms with E-state index in [-0.39, 0.29) is 12.5 Å². The number of hydrogen-bond acceptors (Lipinski definition) is 4. The van der Waals surface area contributed by atoms with Crippen molar-refractivity contribution in [1.29, 1.82) is 0 Å². The molecule has 6 heteroatoms. The minimum atomic E-state index is -0.942. The van der Waals surface area contributed by atoms with Crippen LogP contribution in [-0.4, -0.2) is 33.7 Å². The molecule has 2 aromatic heterocycles. The second kappa shape index (κ2) is 7.63. The quantitative estimate of drug-likeness (QED) is 0.649. The zero-order valence-corrected chi connectivity index (χ0v) is 13.5. The summed E-state index contributed by atoms with van der Waals surface area (Å²) in [6, 6.07) is 15.9. The Bertz CT molecular complexity index is 824. The molecule has 1 unspecified atom stereocenters. The van der Waals surface area contributed by atoms with Crippen molar-refractivity contribution < 1.29 is 19.1 Å². The lowest BCUT2D eigenvalue weighted by molar-refractivity contribution is 0.0558. The molecule has 6 nitrogen and oxygen atoms in total. The van der Waals surface area contributed by atoms with Crippen molar-refractivity contribution in [2.75, 3.05) is 6.54 Å². The fourth-order valence-corrected chi connectivity index (χ4v) is 2.58. The Balaban J connectivity index is 1.82. The van der Waals surface area contributed by atoms with Gasteiger partial charge >= 0.3 is 0 Å². The van der Waals surface area contributed by atoms with Crippen LogP contribution in [0, 0.1) is 0 Å². The summed E-state index contributed by atoms with van der Waals surface area (Å²) in [5.41, 5.74) is 1.56. The largest absolute Gasteiger partial charge is 0.467 e. The summed E-state index contributed by atoms with van der Waals surface area (Å²) in [6.07, 6.45) is 1.18. The third kappa shape index (κ3) is 4.05. The molecule has 1 amide bonds. The van der Waals surface area contributed by atoms with Crippen molar-refractivity contribution >= 4 is 12.2 Å². The second-order valence-electron chi connectivity index (χ2n) is 5.65. The summed E-state index contributed by atoms with van der Waals surface area (Å²) in [6.45, 7) is 0.392. The summed E-state index contributed by atoms with van der Waals surface area (Å²) in [4.78, 5) is 27.9. The van der Waals surface area contributed by atoms with Gasteiger partial charge in [-0.15, -0.1) is 0 Å². The Morgan fingerprint density at radius 1 is 1.16 bits per heavy atom. The number of rotatable bonds is 7. The number of nitrogens with zero attached hydrogens (tertiary/aromatic N) is 1. The van der Waals surface area contributed by atoms with Crippen LogP contribution < -0.4 is 0 Å². The molecule has 0 saturated carbocycles. The average molecular weight is 338 g/mol. The number of aliphatic hydroxyl groups excluding tert-OH is 1. The third-order valence-corrected chi connectivity index (χ3v) is 3.83.